The smallest absolute Gasteiger partial charge is 0.297 e. The summed E-state index contributed by atoms with van der Waals surface area (Å²) in [5.74, 6) is 0. The van der Waals surface area contributed by atoms with E-state index >= 15 is 0 Å². The van der Waals surface area contributed by atoms with E-state index in [4.69, 9.17) is 4.42 Å². The van der Waals surface area contributed by atoms with Crippen LogP contribution in [0.3, 0.4) is 0 Å². The summed E-state index contributed by atoms with van der Waals surface area (Å²) in [6.07, 6.45) is 9.68. The van der Waals surface area contributed by atoms with Gasteiger partial charge >= 0.3 is 0 Å². The Hall–Kier alpha value is -4.70. The third-order valence-electron chi connectivity index (χ3n) is 20.4. The van der Waals surface area contributed by atoms with Crippen molar-refractivity contribution in [1.82, 2.24) is 0 Å². The lowest BCUT2D eigenvalue weighted by Crippen LogP contribution is -2.61. The average molecular weight is 957 g/mol. The largest absolute Gasteiger partial charge is 0.468 e. The standard InChI is InChI=1S/C68H85BN2O/c1-60(2,3)40-30-41(61(4,5)6)32-44(31-40)70-53-38-49-48(65(14,15)24-25-66(49,16)17)37-52(53)69-57-54(70)33-42(62(7,8)9)34-55(57)71(43-20-21-46-47(35-43)64(12,13)23-22-63(46,10)11)58-45-36-50-51(39-56(45)72-59(58)69)68(19)28-26-67(50,18)27-29-68/h20-21,30-39H,22-29H2,1-19H3. The predicted molar refractivity (Wildman–Crippen MR) is 310 cm³/mol. The zero-order chi connectivity index (χ0) is 51.6. The summed E-state index contributed by atoms with van der Waals surface area (Å²) in [6, 6.07) is 30.9. The number of furan rings is 1. The van der Waals surface area contributed by atoms with E-state index in [1.165, 1.54) is 133 Å². The fraction of sp³-hybridized carbons (Fsp3) is 0.529. The molecule has 0 N–H and O–H groups in total. The topological polar surface area (TPSA) is 19.6 Å². The van der Waals surface area contributed by atoms with Crippen molar-refractivity contribution >= 4 is 68.4 Å². The van der Waals surface area contributed by atoms with Gasteiger partial charge in [-0.1, -0.05) is 150 Å². The van der Waals surface area contributed by atoms with E-state index < -0.39 is 0 Å². The molecule has 5 aromatic carbocycles. The molecule has 2 bridgehead atoms. The number of fused-ring (bicyclic) bond motifs is 10. The van der Waals surface area contributed by atoms with Crippen molar-refractivity contribution in [3.8, 4) is 0 Å². The van der Waals surface area contributed by atoms with Gasteiger partial charge in [-0.05, 0) is 216 Å². The molecule has 13 rings (SSSR count). The second-order valence-electron chi connectivity index (χ2n) is 30.6. The van der Waals surface area contributed by atoms with E-state index in [2.05, 4.69) is 214 Å². The normalized spacial score (nSPS) is 24.1. The minimum atomic E-state index is -0.132. The summed E-state index contributed by atoms with van der Waals surface area (Å²) in [5, 5.41) is 1.27. The maximum absolute atomic E-state index is 7.83. The Labute approximate surface area is 435 Å². The van der Waals surface area contributed by atoms with Crippen LogP contribution in [0.15, 0.2) is 77.2 Å². The van der Waals surface area contributed by atoms with Crippen LogP contribution in [0, 0.1) is 0 Å². The SMILES string of the molecule is CC(C)(C)c1cc(N2c3cc4c(cc3B3c5oc6cc7c(cc6c5N(c5ccc6c(c5)C(C)(C)CCC6(C)C)c5cc(C(C)(C)C)cc2c53)C2(C)CCC7(C)CC2)C(C)(C)CCC4(C)C)cc(C(C)(C)C)c1. The van der Waals surface area contributed by atoms with Crippen molar-refractivity contribution in [2.75, 3.05) is 9.80 Å². The van der Waals surface area contributed by atoms with Gasteiger partial charge < -0.3 is 14.2 Å². The Bertz CT molecular complexity index is 3270. The molecule has 1 saturated carbocycles. The van der Waals surface area contributed by atoms with E-state index in [9.17, 15) is 0 Å². The summed E-state index contributed by atoms with van der Waals surface area (Å²) in [4.78, 5) is 5.44. The number of benzene rings is 5. The van der Waals surface area contributed by atoms with Gasteiger partial charge in [0.1, 0.15) is 5.58 Å². The van der Waals surface area contributed by atoms with Crippen molar-refractivity contribution in [2.24, 2.45) is 0 Å². The molecule has 0 amide bonds. The molecule has 0 unspecified atom stereocenters. The highest BCUT2D eigenvalue weighted by molar-refractivity contribution is 7.00. The van der Waals surface area contributed by atoms with Gasteiger partial charge in [-0.2, -0.15) is 0 Å². The zero-order valence-corrected chi connectivity index (χ0v) is 48.0. The van der Waals surface area contributed by atoms with Gasteiger partial charge in [-0.15, -0.1) is 0 Å². The van der Waals surface area contributed by atoms with Gasteiger partial charge in [0.2, 0.25) is 0 Å². The second kappa shape index (κ2) is 14.6. The van der Waals surface area contributed by atoms with Crippen LogP contribution in [-0.2, 0) is 48.7 Å². The average Bonchev–Trinajstić information content (AvgIpc) is 3.66. The molecule has 0 radical (unpaired) electrons. The zero-order valence-electron chi connectivity index (χ0n) is 48.0. The van der Waals surface area contributed by atoms with Gasteiger partial charge in [0.05, 0.1) is 11.3 Å². The molecule has 2 aliphatic heterocycles. The molecular weight excluding hydrogens is 872 g/mol. The van der Waals surface area contributed by atoms with Crippen LogP contribution in [0.4, 0.5) is 34.1 Å². The van der Waals surface area contributed by atoms with Crippen molar-refractivity contribution in [3.05, 3.63) is 123 Å². The Morgan fingerprint density at radius 2 is 0.875 bits per heavy atom. The van der Waals surface area contributed by atoms with E-state index in [1.54, 1.807) is 5.56 Å². The molecule has 376 valence electrons. The molecule has 3 heterocycles. The molecule has 0 atom stereocenters. The van der Waals surface area contributed by atoms with Crippen LogP contribution < -0.4 is 26.4 Å². The van der Waals surface area contributed by atoms with E-state index in [0.29, 0.717) is 0 Å². The Balaban J connectivity index is 1.26. The molecule has 0 saturated heterocycles. The molecule has 0 spiro atoms. The summed E-state index contributed by atoms with van der Waals surface area (Å²) >= 11 is 0. The van der Waals surface area contributed by atoms with Crippen LogP contribution in [0.5, 0.6) is 0 Å². The molecule has 72 heavy (non-hydrogen) atoms. The highest BCUT2D eigenvalue weighted by Crippen LogP contribution is 2.59. The fourth-order valence-corrected chi connectivity index (χ4v) is 14.8. The Morgan fingerprint density at radius 3 is 1.40 bits per heavy atom. The van der Waals surface area contributed by atoms with Crippen molar-refractivity contribution in [2.45, 2.75) is 232 Å². The molecule has 6 aromatic rings. The van der Waals surface area contributed by atoms with Crippen LogP contribution >= 0.6 is 0 Å². The minimum absolute atomic E-state index is 0.0276. The van der Waals surface area contributed by atoms with Crippen molar-refractivity contribution < 1.29 is 4.42 Å². The molecule has 1 aromatic heterocycles. The lowest BCUT2D eigenvalue weighted by molar-refractivity contribution is 0.188. The first-order chi connectivity index (χ1) is 33.2. The summed E-state index contributed by atoms with van der Waals surface area (Å²) in [7, 11) is 0. The summed E-state index contributed by atoms with van der Waals surface area (Å²) in [6.45, 7) is 46.4. The quantitative estimate of drug-likeness (QED) is 0.161. The number of hydrogen-bond donors (Lipinski definition) is 0. The lowest BCUT2D eigenvalue weighted by Gasteiger charge is -2.52. The Kier molecular flexibility index (Phi) is 9.77. The van der Waals surface area contributed by atoms with Gasteiger partial charge in [-0.3, -0.25) is 0 Å². The van der Waals surface area contributed by atoms with Crippen molar-refractivity contribution in [3.63, 3.8) is 0 Å². The Morgan fingerprint density at radius 1 is 0.417 bits per heavy atom. The van der Waals surface area contributed by atoms with Gasteiger partial charge in [0, 0.05) is 33.8 Å². The maximum atomic E-state index is 7.83. The third kappa shape index (κ3) is 6.87. The van der Waals surface area contributed by atoms with Gasteiger partial charge in [0.25, 0.3) is 6.71 Å². The monoisotopic (exact) mass is 957 g/mol. The number of hydrogen-bond acceptors (Lipinski definition) is 3. The van der Waals surface area contributed by atoms with Crippen LogP contribution in [0.2, 0.25) is 0 Å². The predicted octanol–water partition coefficient (Wildman–Crippen LogP) is 17.2. The molecule has 4 heteroatoms. The van der Waals surface area contributed by atoms with Gasteiger partial charge in [-0.25, -0.2) is 0 Å². The van der Waals surface area contributed by atoms with Crippen LogP contribution in [-0.4, -0.2) is 6.71 Å². The van der Waals surface area contributed by atoms with E-state index in [1.807, 2.05) is 0 Å². The van der Waals surface area contributed by atoms with Crippen LogP contribution in [0.25, 0.3) is 11.0 Å². The lowest BCUT2D eigenvalue weighted by atomic mass is 9.35. The van der Waals surface area contributed by atoms with Crippen LogP contribution in [0.1, 0.15) is 233 Å². The first kappa shape index (κ1) is 48.3. The highest BCUT2D eigenvalue weighted by atomic mass is 16.3. The molecular formula is C68H85BN2O. The van der Waals surface area contributed by atoms with Gasteiger partial charge in [0.15, 0.2) is 0 Å². The first-order valence-corrected chi connectivity index (χ1v) is 28.1. The third-order valence-corrected chi connectivity index (χ3v) is 20.4. The van der Waals surface area contributed by atoms with Crippen molar-refractivity contribution in [1.29, 1.82) is 0 Å². The second-order valence-corrected chi connectivity index (χ2v) is 30.6. The summed E-state index contributed by atoms with van der Waals surface area (Å²) in [5.41, 5.74) is 25.9. The molecule has 7 aliphatic rings. The molecule has 3 nitrogen and oxygen atoms in total. The maximum Gasteiger partial charge on any atom is 0.297 e. The number of nitrogens with zero attached hydrogens (tertiary/aromatic N) is 2. The molecule has 1 fully saturated rings. The molecule has 5 aliphatic carbocycles. The van der Waals surface area contributed by atoms with E-state index in [-0.39, 0.29) is 55.4 Å². The minimum Gasteiger partial charge on any atom is -0.468 e. The number of rotatable bonds is 2. The fourth-order valence-electron chi connectivity index (χ4n) is 14.8. The van der Waals surface area contributed by atoms with E-state index in [0.717, 1.165) is 24.1 Å². The number of anilines is 6. The first-order valence-electron chi connectivity index (χ1n) is 28.1. The highest BCUT2D eigenvalue weighted by Gasteiger charge is 2.52. The summed E-state index contributed by atoms with van der Waals surface area (Å²) < 4.78 is 7.83.